The van der Waals surface area contributed by atoms with Crippen LogP contribution < -0.4 is 5.32 Å². The lowest BCUT2D eigenvalue weighted by molar-refractivity contribution is 0.628. The molecule has 1 aliphatic rings. The van der Waals surface area contributed by atoms with E-state index in [0.29, 0.717) is 16.5 Å². The van der Waals surface area contributed by atoms with Crippen LogP contribution in [0.3, 0.4) is 0 Å². The summed E-state index contributed by atoms with van der Waals surface area (Å²) in [5, 5.41) is 7.78. The summed E-state index contributed by atoms with van der Waals surface area (Å²) in [7, 11) is 0. The summed E-state index contributed by atoms with van der Waals surface area (Å²) in [5.41, 5.74) is 2.79. The van der Waals surface area contributed by atoms with Gasteiger partial charge < -0.3 is 5.32 Å². The molecule has 4 rings (SSSR count). The molecule has 21 heavy (non-hydrogen) atoms. The summed E-state index contributed by atoms with van der Waals surface area (Å²) in [6, 6.07) is 4.26. The van der Waals surface area contributed by atoms with Crippen molar-refractivity contribution in [1.29, 1.82) is 0 Å². The molecule has 0 radical (unpaired) electrons. The molecule has 2 heterocycles. The number of nitrogens with one attached hydrogen (secondary N) is 1. The fourth-order valence-corrected chi connectivity index (χ4v) is 2.89. The van der Waals surface area contributed by atoms with Gasteiger partial charge in [-0.25, -0.2) is 9.37 Å². The molecule has 0 fully saturated rings. The van der Waals surface area contributed by atoms with Crippen molar-refractivity contribution in [3.63, 3.8) is 0 Å². The van der Waals surface area contributed by atoms with Gasteiger partial charge in [0, 0.05) is 5.56 Å². The number of rotatable bonds is 2. The molecule has 1 aliphatic carbocycles. The fraction of sp³-hybridized carbons (Fsp3) is 0.214. The van der Waals surface area contributed by atoms with Crippen molar-refractivity contribution in [2.45, 2.75) is 19.3 Å². The highest BCUT2D eigenvalue weighted by atomic mass is 35.5. The lowest BCUT2D eigenvalue weighted by Crippen LogP contribution is -2.07. The molecule has 0 amide bonds. The number of aryl methyl sites for hydroxylation is 1. The Hall–Kier alpha value is -2.21. The van der Waals surface area contributed by atoms with Crippen molar-refractivity contribution < 1.29 is 4.39 Å². The molecule has 0 bridgehead atoms. The summed E-state index contributed by atoms with van der Waals surface area (Å²) in [5.74, 6) is 0.992. The highest BCUT2D eigenvalue weighted by Gasteiger charge is 2.21. The zero-order valence-electron chi connectivity index (χ0n) is 11.0. The quantitative estimate of drug-likeness (QED) is 0.790. The normalized spacial score (nSPS) is 13.6. The van der Waals surface area contributed by atoms with Gasteiger partial charge in [-0.05, 0) is 37.5 Å². The second-order valence-corrected chi connectivity index (χ2v) is 5.37. The molecular formula is C14H11ClFN5. The van der Waals surface area contributed by atoms with E-state index in [1.807, 2.05) is 0 Å². The molecular weight excluding hydrogens is 293 g/mol. The molecule has 5 nitrogen and oxygen atoms in total. The van der Waals surface area contributed by atoms with E-state index in [-0.39, 0.29) is 5.82 Å². The van der Waals surface area contributed by atoms with Crippen molar-refractivity contribution in [1.82, 2.24) is 19.6 Å². The van der Waals surface area contributed by atoms with Crippen molar-refractivity contribution in [2.75, 3.05) is 5.32 Å². The minimum atomic E-state index is -0.364. The maximum absolute atomic E-state index is 13.2. The highest BCUT2D eigenvalue weighted by Crippen LogP contribution is 2.32. The van der Waals surface area contributed by atoms with Crippen molar-refractivity contribution in [2.24, 2.45) is 0 Å². The third kappa shape index (κ3) is 2.03. The van der Waals surface area contributed by atoms with Crippen molar-refractivity contribution in [3.8, 4) is 0 Å². The molecule has 7 heteroatoms. The first kappa shape index (κ1) is 12.5. The van der Waals surface area contributed by atoms with Gasteiger partial charge in [0.1, 0.15) is 18.0 Å². The number of fused-ring (bicyclic) bond motifs is 2. The van der Waals surface area contributed by atoms with Gasteiger partial charge in [-0.15, -0.1) is 0 Å². The van der Waals surface area contributed by atoms with E-state index in [4.69, 9.17) is 11.6 Å². The van der Waals surface area contributed by atoms with Gasteiger partial charge in [0.15, 0.2) is 0 Å². The van der Waals surface area contributed by atoms with Gasteiger partial charge >= 0.3 is 0 Å². The lowest BCUT2D eigenvalue weighted by Gasteiger charge is -2.13. The molecule has 0 spiro atoms. The SMILES string of the molecule is Fc1ccc(Nc2c3c(nc4ncnn24)CCC3)c(Cl)c1. The average molecular weight is 304 g/mol. The monoisotopic (exact) mass is 303 g/mol. The van der Waals surface area contributed by atoms with Crippen LogP contribution in [0, 0.1) is 5.82 Å². The standard InChI is InChI=1S/C14H11ClFN5/c15-10-6-8(16)4-5-12(10)19-13-9-2-1-3-11(9)20-14-17-7-18-21(13)14/h4-7,19H,1-3H2. The summed E-state index contributed by atoms with van der Waals surface area (Å²) in [4.78, 5) is 8.65. The van der Waals surface area contributed by atoms with Crippen molar-refractivity contribution >= 4 is 28.9 Å². The Morgan fingerprint density at radius 3 is 3.05 bits per heavy atom. The third-order valence-corrected chi connectivity index (χ3v) is 3.95. The highest BCUT2D eigenvalue weighted by molar-refractivity contribution is 6.33. The average Bonchev–Trinajstić information content (AvgIpc) is 3.09. The number of hydrogen-bond donors (Lipinski definition) is 1. The largest absolute Gasteiger partial charge is 0.339 e. The lowest BCUT2D eigenvalue weighted by atomic mass is 10.2. The Morgan fingerprint density at radius 1 is 1.29 bits per heavy atom. The van der Waals surface area contributed by atoms with Crippen LogP contribution in [0.4, 0.5) is 15.9 Å². The van der Waals surface area contributed by atoms with E-state index in [2.05, 4.69) is 20.4 Å². The second kappa shape index (κ2) is 4.66. The molecule has 3 aromatic rings. The fourth-order valence-electron chi connectivity index (χ4n) is 2.67. The Bertz CT molecular complexity index is 845. The molecule has 1 aromatic carbocycles. The number of anilines is 2. The van der Waals surface area contributed by atoms with Crippen LogP contribution in [0.25, 0.3) is 5.78 Å². The summed E-state index contributed by atoms with van der Waals surface area (Å²) in [6.07, 6.45) is 4.39. The molecule has 0 saturated heterocycles. The zero-order valence-corrected chi connectivity index (χ0v) is 11.7. The van der Waals surface area contributed by atoms with Crippen LogP contribution in [0.1, 0.15) is 17.7 Å². The number of hydrogen-bond acceptors (Lipinski definition) is 4. The number of aromatic nitrogens is 4. The first-order valence-corrected chi connectivity index (χ1v) is 7.04. The predicted molar refractivity (Wildman–Crippen MR) is 77.5 cm³/mol. The first-order chi connectivity index (χ1) is 10.2. The van der Waals surface area contributed by atoms with Crippen LogP contribution in [0.2, 0.25) is 5.02 Å². The van der Waals surface area contributed by atoms with Crippen LogP contribution in [0.5, 0.6) is 0 Å². The molecule has 106 valence electrons. The molecule has 2 aromatic heterocycles. The van der Waals surface area contributed by atoms with Gasteiger partial charge in [0.25, 0.3) is 5.78 Å². The zero-order chi connectivity index (χ0) is 14.4. The molecule has 0 aliphatic heterocycles. The predicted octanol–water partition coefficient (Wildman–Crippen LogP) is 3.15. The van der Waals surface area contributed by atoms with E-state index in [0.717, 1.165) is 36.3 Å². The second-order valence-electron chi connectivity index (χ2n) is 4.96. The maximum atomic E-state index is 13.2. The molecule has 0 unspecified atom stereocenters. The topological polar surface area (TPSA) is 55.1 Å². The summed E-state index contributed by atoms with van der Waals surface area (Å²) >= 11 is 6.09. The third-order valence-electron chi connectivity index (χ3n) is 3.64. The number of benzene rings is 1. The molecule has 0 atom stereocenters. The minimum absolute atomic E-state index is 0.326. The Morgan fingerprint density at radius 2 is 2.19 bits per heavy atom. The Labute approximate surface area is 124 Å². The number of halogens is 2. The molecule has 0 saturated carbocycles. The van der Waals surface area contributed by atoms with Gasteiger partial charge in [0.05, 0.1) is 16.4 Å². The Balaban J connectivity index is 1.88. The summed E-state index contributed by atoms with van der Waals surface area (Å²) < 4.78 is 14.8. The van der Waals surface area contributed by atoms with E-state index in [9.17, 15) is 4.39 Å². The summed E-state index contributed by atoms with van der Waals surface area (Å²) in [6.45, 7) is 0. The van der Waals surface area contributed by atoms with Crippen LogP contribution in [-0.2, 0) is 12.8 Å². The first-order valence-electron chi connectivity index (χ1n) is 6.66. The maximum Gasteiger partial charge on any atom is 0.254 e. The molecule has 1 N–H and O–H groups in total. The van der Waals surface area contributed by atoms with Crippen LogP contribution in [-0.4, -0.2) is 19.6 Å². The van der Waals surface area contributed by atoms with E-state index in [1.165, 1.54) is 18.5 Å². The van der Waals surface area contributed by atoms with Gasteiger partial charge in [-0.2, -0.15) is 14.6 Å². The van der Waals surface area contributed by atoms with Crippen LogP contribution >= 0.6 is 11.6 Å². The van der Waals surface area contributed by atoms with Crippen LogP contribution in [0.15, 0.2) is 24.5 Å². The van der Waals surface area contributed by atoms with E-state index >= 15 is 0 Å². The van der Waals surface area contributed by atoms with Gasteiger partial charge in [-0.3, -0.25) is 0 Å². The van der Waals surface area contributed by atoms with Crippen molar-refractivity contribution in [3.05, 3.63) is 46.6 Å². The Kier molecular flexibility index (Phi) is 2.78. The number of nitrogens with zero attached hydrogens (tertiary/aromatic N) is 4. The van der Waals surface area contributed by atoms with Gasteiger partial charge in [0.2, 0.25) is 0 Å². The van der Waals surface area contributed by atoms with E-state index < -0.39 is 0 Å². The smallest absolute Gasteiger partial charge is 0.254 e. The van der Waals surface area contributed by atoms with Gasteiger partial charge in [-0.1, -0.05) is 11.6 Å². The minimum Gasteiger partial charge on any atom is -0.339 e. The van der Waals surface area contributed by atoms with E-state index in [1.54, 1.807) is 10.6 Å².